The smallest absolute Gasteiger partial charge is 0.365 e. The molecular weight excluding hydrogens is 532 g/mol. The van der Waals surface area contributed by atoms with E-state index < -0.39 is 17.7 Å². The maximum atomic E-state index is 13.9. The summed E-state index contributed by atoms with van der Waals surface area (Å²) in [5.74, 6) is -0.0943. The molecule has 1 aliphatic heterocycles. The van der Waals surface area contributed by atoms with E-state index in [2.05, 4.69) is 20.5 Å². The number of hydrogen-bond donors (Lipinski definition) is 4. The molecule has 0 spiro atoms. The number of carbonyl (C=O) groups is 1. The Labute approximate surface area is 237 Å². The predicted octanol–water partition coefficient (Wildman–Crippen LogP) is 4.94. The highest BCUT2D eigenvalue weighted by atomic mass is 19.1. The van der Waals surface area contributed by atoms with Crippen LogP contribution < -0.4 is 21.7 Å². The van der Waals surface area contributed by atoms with Crippen molar-refractivity contribution in [3.05, 3.63) is 36.2 Å². The third-order valence-electron chi connectivity index (χ3n) is 8.42. The molecule has 0 radical (unpaired) electrons. The summed E-state index contributed by atoms with van der Waals surface area (Å²) in [4.78, 5) is 32.1. The Bertz CT molecular complexity index is 1360. The van der Waals surface area contributed by atoms with Crippen LogP contribution in [0.4, 0.5) is 31.0 Å². The number of carbonyl (C=O) groups excluding carboxylic acids is 1. The maximum absolute atomic E-state index is 13.9. The summed E-state index contributed by atoms with van der Waals surface area (Å²) in [6.07, 6.45) is 11.0. The fourth-order valence-electron chi connectivity index (χ4n) is 6.11. The van der Waals surface area contributed by atoms with Gasteiger partial charge in [0.25, 0.3) is 0 Å². The van der Waals surface area contributed by atoms with Crippen molar-refractivity contribution in [1.29, 1.82) is 0 Å². The van der Waals surface area contributed by atoms with E-state index >= 15 is 0 Å². The number of hydrogen-bond acceptors (Lipinski definition) is 9. The van der Waals surface area contributed by atoms with Crippen LogP contribution in [0.2, 0.25) is 0 Å². The minimum Gasteiger partial charge on any atom is -0.365 e. The number of piperidine rings is 1. The molecule has 3 aliphatic rings. The van der Waals surface area contributed by atoms with Crippen LogP contribution in [0.25, 0.3) is 11.2 Å². The largest absolute Gasteiger partial charge is 0.430 e. The van der Waals surface area contributed by atoms with E-state index in [1.807, 2.05) is 6.33 Å². The zero-order valence-corrected chi connectivity index (χ0v) is 23.0. The maximum Gasteiger partial charge on any atom is 0.430 e. The third-order valence-corrected chi connectivity index (χ3v) is 8.42. The fraction of sp³-hybridized carbons (Fsp3) is 0.571. The van der Waals surface area contributed by atoms with Gasteiger partial charge in [-0.3, -0.25) is 5.32 Å². The first-order valence-electron chi connectivity index (χ1n) is 14.6. The van der Waals surface area contributed by atoms with Crippen LogP contribution in [0.3, 0.4) is 0 Å². The van der Waals surface area contributed by atoms with Crippen molar-refractivity contribution in [2.45, 2.75) is 88.4 Å². The minimum absolute atomic E-state index is 0.0776. The summed E-state index contributed by atoms with van der Waals surface area (Å²) in [6, 6.07) is 3.88. The fourth-order valence-corrected chi connectivity index (χ4v) is 6.11. The number of halogens is 2. The Morgan fingerprint density at radius 1 is 0.951 bits per heavy atom. The quantitative estimate of drug-likeness (QED) is 0.312. The molecule has 1 amide bonds. The zero-order valence-electron chi connectivity index (χ0n) is 23.0. The molecule has 1 saturated heterocycles. The van der Waals surface area contributed by atoms with Gasteiger partial charge in [-0.05, 0) is 63.5 Å². The highest BCUT2D eigenvalue weighted by Crippen LogP contribution is 2.34. The summed E-state index contributed by atoms with van der Waals surface area (Å²) in [5.41, 5.74) is 7.43. The van der Waals surface area contributed by atoms with Crippen molar-refractivity contribution in [3.63, 3.8) is 0 Å². The van der Waals surface area contributed by atoms with Gasteiger partial charge in [0.05, 0.1) is 12.0 Å². The van der Waals surface area contributed by atoms with E-state index in [1.165, 1.54) is 17.9 Å². The molecule has 3 fully saturated rings. The SMILES string of the molecule is N[C@H]1CC[C@H](Nc2nc(NC3CCN(OC(=O)Nc4cc(F)ccc4F)CC3)c3ncn(C4CCCC4)c3n2)CC1. The van der Waals surface area contributed by atoms with E-state index in [0.717, 1.165) is 67.9 Å². The van der Waals surface area contributed by atoms with Crippen LogP contribution in [0.15, 0.2) is 24.5 Å². The third kappa shape index (κ3) is 6.51. The van der Waals surface area contributed by atoms with Crippen molar-refractivity contribution in [3.8, 4) is 0 Å². The average molecular weight is 570 g/mol. The lowest BCUT2D eigenvalue weighted by Gasteiger charge is -2.31. The number of benzene rings is 1. The van der Waals surface area contributed by atoms with Crippen LogP contribution >= 0.6 is 0 Å². The molecule has 2 aliphatic carbocycles. The van der Waals surface area contributed by atoms with E-state index in [-0.39, 0.29) is 23.8 Å². The van der Waals surface area contributed by atoms with Gasteiger partial charge in [0, 0.05) is 43.3 Å². The van der Waals surface area contributed by atoms with Gasteiger partial charge in [-0.1, -0.05) is 12.8 Å². The lowest BCUT2D eigenvalue weighted by molar-refractivity contribution is -0.107. The topological polar surface area (TPSA) is 135 Å². The standard InChI is InChI=1S/C28H37F2N9O2/c29-17-5-10-22(30)23(15-17)35-28(40)41-38-13-11-20(12-14-38)33-25-24-26(39(16-32-24)21-3-1-2-4-21)37-27(36-25)34-19-8-6-18(31)7-9-19/h5,10,15-16,18-21H,1-4,6-9,11-14,31H2,(H,35,40)(H2,33,34,36,37)/t18-,19-. The average Bonchev–Trinajstić information content (AvgIpc) is 3.63. The predicted molar refractivity (Wildman–Crippen MR) is 151 cm³/mol. The number of nitrogens with one attached hydrogen (secondary N) is 3. The highest BCUT2D eigenvalue weighted by Gasteiger charge is 2.27. The van der Waals surface area contributed by atoms with Gasteiger partial charge < -0.3 is 25.8 Å². The van der Waals surface area contributed by atoms with E-state index in [0.29, 0.717) is 43.7 Å². The van der Waals surface area contributed by atoms with Gasteiger partial charge in [0.2, 0.25) is 5.95 Å². The summed E-state index contributed by atoms with van der Waals surface area (Å²) >= 11 is 0. The van der Waals surface area contributed by atoms with E-state index in [1.54, 1.807) is 0 Å². The van der Waals surface area contributed by atoms with Crippen LogP contribution in [0.5, 0.6) is 0 Å². The number of hydroxylamine groups is 2. The molecule has 1 aromatic carbocycles. The molecule has 0 bridgehead atoms. The Morgan fingerprint density at radius 3 is 2.44 bits per heavy atom. The lowest BCUT2D eigenvalue weighted by atomic mass is 9.92. The molecule has 5 N–H and O–H groups in total. The molecule has 2 saturated carbocycles. The molecule has 11 nitrogen and oxygen atoms in total. The number of nitrogens with two attached hydrogens (primary N) is 1. The van der Waals surface area contributed by atoms with Gasteiger partial charge in [-0.25, -0.2) is 18.6 Å². The van der Waals surface area contributed by atoms with Gasteiger partial charge in [-0.15, -0.1) is 5.06 Å². The molecule has 2 aromatic heterocycles. The number of aromatic nitrogens is 4. The molecule has 13 heteroatoms. The van der Waals surface area contributed by atoms with Crippen LogP contribution in [-0.2, 0) is 4.84 Å². The summed E-state index contributed by atoms with van der Waals surface area (Å²) in [6.45, 7) is 0.934. The van der Waals surface area contributed by atoms with E-state index in [9.17, 15) is 13.6 Å². The number of nitrogens with zero attached hydrogens (tertiary/aromatic N) is 5. The first-order chi connectivity index (χ1) is 19.9. The molecular formula is C28H37F2N9O2. The van der Waals surface area contributed by atoms with Gasteiger partial charge in [-0.2, -0.15) is 9.97 Å². The first-order valence-corrected chi connectivity index (χ1v) is 14.6. The second-order valence-electron chi connectivity index (χ2n) is 11.4. The molecule has 3 aromatic rings. The van der Waals surface area contributed by atoms with E-state index in [4.69, 9.17) is 25.5 Å². The minimum atomic E-state index is -0.866. The highest BCUT2D eigenvalue weighted by molar-refractivity contribution is 5.85. The van der Waals surface area contributed by atoms with Crippen molar-refractivity contribution in [2.75, 3.05) is 29.0 Å². The Balaban J connectivity index is 1.12. The van der Waals surface area contributed by atoms with Crippen molar-refractivity contribution in [2.24, 2.45) is 5.73 Å². The van der Waals surface area contributed by atoms with Gasteiger partial charge >= 0.3 is 6.09 Å². The molecule has 220 valence electrons. The Morgan fingerprint density at radius 2 is 1.68 bits per heavy atom. The summed E-state index contributed by atoms with van der Waals surface area (Å²) in [7, 11) is 0. The van der Waals surface area contributed by atoms with Crippen LogP contribution in [0, 0.1) is 11.6 Å². The number of rotatable bonds is 7. The lowest BCUT2D eigenvalue weighted by Crippen LogP contribution is -2.41. The second-order valence-corrected chi connectivity index (χ2v) is 11.4. The van der Waals surface area contributed by atoms with Crippen LogP contribution in [-0.4, -0.2) is 61.9 Å². The van der Waals surface area contributed by atoms with Crippen LogP contribution in [0.1, 0.15) is 70.3 Å². The second kappa shape index (κ2) is 12.1. The Kier molecular flexibility index (Phi) is 8.15. The normalized spacial score (nSPS) is 22.6. The summed E-state index contributed by atoms with van der Waals surface area (Å²) in [5, 5.41) is 10.9. The molecule has 6 rings (SSSR count). The molecule has 0 atom stereocenters. The molecule has 3 heterocycles. The van der Waals surface area contributed by atoms with Crippen molar-refractivity contribution in [1.82, 2.24) is 24.6 Å². The zero-order chi connectivity index (χ0) is 28.3. The Hall–Kier alpha value is -3.58. The number of amides is 1. The van der Waals surface area contributed by atoms with Gasteiger partial charge in [0.15, 0.2) is 17.0 Å². The number of imidazole rings is 1. The first kappa shape index (κ1) is 27.6. The van der Waals surface area contributed by atoms with Crippen molar-refractivity contribution >= 4 is 34.7 Å². The number of fused-ring (bicyclic) bond motifs is 1. The monoisotopic (exact) mass is 569 g/mol. The molecule has 0 unspecified atom stereocenters. The van der Waals surface area contributed by atoms with Crippen molar-refractivity contribution < 1.29 is 18.4 Å². The number of anilines is 3. The van der Waals surface area contributed by atoms with Gasteiger partial charge in [0.1, 0.15) is 11.6 Å². The summed E-state index contributed by atoms with van der Waals surface area (Å²) < 4.78 is 29.5. The molecule has 41 heavy (non-hydrogen) atoms.